The smallest absolute Gasteiger partial charge is 0.151 e. The normalized spacial score (nSPS) is 31.0. The molecule has 0 radical (unpaired) electrons. The molecule has 19 heavy (non-hydrogen) atoms. The van der Waals surface area contributed by atoms with Gasteiger partial charge in [-0.2, -0.15) is 0 Å². The summed E-state index contributed by atoms with van der Waals surface area (Å²) < 4.78 is 23.7. The van der Waals surface area contributed by atoms with Crippen LogP contribution in [0.5, 0.6) is 0 Å². The predicted molar refractivity (Wildman–Crippen MR) is 79.2 cm³/mol. The van der Waals surface area contributed by atoms with Gasteiger partial charge in [-0.25, -0.2) is 8.42 Å². The highest BCUT2D eigenvalue weighted by Crippen LogP contribution is 2.29. The first-order chi connectivity index (χ1) is 9.04. The van der Waals surface area contributed by atoms with Crippen LogP contribution in [0.15, 0.2) is 0 Å². The van der Waals surface area contributed by atoms with Crippen LogP contribution < -0.4 is 5.32 Å². The van der Waals surface area contributed by atoms with E-state index in [1.165, 1.54) is 25.7 Å². The van der Waals surface area contributed by atoms with Gasteiger partial charge in [0.25, 0.3) is 0 Å². The standard InChI is InChI=1S/C14H28N2O2S/c1-3-8-19(17,18)9-7-16(4-2)14-10-12-5-6-13(11-14)15-12/h12-15H,3-11H2,1-2H3. The second-order valence-corrected chi connectivity index (χ2v) is 8.35. The topological polar surface area (TPSA) is 49.4 Å². The first-order valence-corrected chi connectivity index (χ1v) is 9.56. The number of fused-ring (bicyclic) bond motifs is 2. The maximum atomic E-state index is 11.8. The van der Waals surface area contributed by atoms with Gasteiger partial charge in [-0.15, -0.1) is 0 Å². The monoisotopic (exact) mass is 288 g/mol. The number of sulfone groups is 1. The lowest BCUT2D eigenvalue weighted by Crippen LogP contribution is -2.49. The summed E-state index contributed by atoms with van der Waals surface area (Å²) in [6.45, 7) is 5.75. The molecular formula is C14H28N2O2S. The summed E-state index contributed by atoms with van der Waals surface area (Å²) in [6.07, 6.45) is 5.71. The third-order valence-corrected chi connectivity index (χ3v) is 6.41. The van der Waals surface area contributed by atoms with E-state index < -0.39 is 9.84 Å². The quantitative estimate of drug-likeness (QED) is 0.770. The first kappa shape index (κ1) is 15.3. The molecule has 2 aliphatic heterocycles. The van der Waals surface area contributed by atoms with Gasteiger partial charge >= 0.3 is 0 Å². The molecule has 5 heteroatoms. The minimum atomic E-state index is -2.84. The molecule has 0 amide bonds. The van der Waals surface area contributed by atoms with Crippen molar-refractivity contribution in [3.63, 3.8) is 0 Å². The largest absolute Gasteiger partial charge is 0.311 e. The molecule has 0 saturated carbocycles. The summed E-state index contributed by atoms with van der Waals surface area (Å²) in [6, 6.07) is 1.93. The molecule has 2 atom stereocenters. The Morgan fingerprint density at radius 2 is 1.74 bits per heavy atom. The second kappa shape index (κ2) is 6.55. The summed E-state index contributed by atoms with van der Waals surface area (Å²) in [5.74, 6) is 0.663. The fourth-order valence-electron chi connectivity index (χ4n) is 3.59. The van der Waals surface area contributed by atoms with Gasteiger partial charge < -0.3 is 5.32 Å². The van der Waals surface area contributed by atoms with Crippen LogP contribution >= 0.6 is 0 Å². The lowest BCUT2D eigenvalue weighted by atomic mass is 9.98. The average molecular weight is 288 g/mol. The van der Waals surface area contributed by atoms with Gasteiger partial charge in [0.15, 0.2) is 9.84 Å². The van der Waals surface area contributed by atoms with Crippen LogP contribution in [-0.2, 0) is 9.84 Å². The molecule has 2 rings (SSSR count). The lowest BCUT2D eigenvalue weighted by molar-refractivity contribution is 0.156. The van der Waals surface area contributed by atoms with Gasteiger partial charge in [-0.05, 0) is 38.6 Å². The van der Waals surface area contributed by atoms with Crippen LogP contribution in [0.4, 0.5) is 0 Å². The fraction of sp³-hybridized carbons (Fsp3) is 1.00. The Labute approximate surface area is 117 Å². The number of piperidine rings is 1. The Bertz CT molecular complexity index is 371. The maximum absolute atomic E-state index is 11.8. The van der Waals surface area contributed by atoms with Gasteiger partial charge in [0.2, 0.25) is 0 Å². The highest BCUT2D eigenvalue weighted by atomic mass is 32.2. The molecule has 0 aromatic carbocycles. The van der Waals surface area contributed by atoms with Crippen molar-refractivity contribution in [2.75, 3.05) is 24.6 Å². The highest BCUT2D eigenvalue weighted by molar-refractivity contribution is 7.91. The molecular weight excluding hydrogens is 260 g/mol. The van der Waals surface area contributed by atoms with E-state index in [0.29, 0.717) is 36.2 Å². The SMILES string of the molecule is CCCS(=O)(=O)CCN(CC)C1CC2CCC(C1)N2. The molecule has 0 aromatic rings. The number of rotatable bonds is 7. The van der Waals surface area contributed by atoms with E-state index in [0.717, 1.165) is 13.0 Å². The van der Waals surface area contributed by atoms with Crippen molar-refractivity contribution < 1.29 is 8.42 Å². The number of hydrogen-bond donors (Lipinski definition) is 1. The van der Waals surface area contributed by atoms with Gasteiger partial charge in [-0.3, -0.25) is 4.90 Å². The Hall–Kier alpha value is -0.130. The predicted octanol–water partition coefficient (Wildman–Crippen LogP) is 1.42. The van der Waals surface area contributed by atoms with Gasteiger partial charge in [-0.1, -0.05) is 13.8 Å². The Kier molecular flexibility index (Phi) is 5.26. The molecule has 1 N–H and O–H groups in total. The van der Waals surface area contributed by atoms with Crippen LogP contribution in [0.3, 0.4) is 0 Å². The van der Waals surface area contributed by atoms with Crippen LogP contribution in [0.1, 0.15) is 46.0 Å². The highest BCUT2D eigenvalue weighted by Gasteiger charge is 2.35. The van der Waals surface area contributed by atoms with Gasteiger partial charge in [0.1, 0.15) is 0 Å². The summed E-state index contributed by atoms with van der Waals surface area (Å²) in [7, 11) is -2.84. The molecule has 112 valence electrons. The van der Waals surface area contributed by atoms with E-state index >= 15 is 0 Å². The molecule has 2 aliphatic rings. The van der Waals surface area contributed by atoms with Crippen LogP contribution in [0.2, 0.25) is 0 Å². The van der Waals surface area contributed by atoms with Crippen molar-refractivity contribution >= 4 is 9.84 Å². The molecule has 2 fully saturated rings. The zero-order chi connectivity index (χ0) is 13.9. The van der Waals surface area contributed by atoms with Crippen molar-refractivity contribution in [3.8, 4) is 0 Å². The number of hydrogen-bond acceptors (Lipinski definition) is 4. The summed E-state index contributed by atoms with van der Waals surface area (Å²) in [4.78, 5) is 2.39. The van der Waals surface area contributed by atoms with E-state index in [2.05, 4.69) is 17.1 Å². The van der Waals surface area contributed by atoms with E-state index in [1.807, 2.05) is 6.92 Å². The third kappa shape index (κ3) is 4.17. The van der Waals surface area contributed by atoms with Crippen molar-refractivity contribution in [1.82, 2.24) is 10.2 Å². The minimum absolute atomic E-state index is 0.327. The Balaban J connectivity index is 1.86. The van der Waals surface area contributed by atoms with E-state index in [4.69, 9.17) is 0 Å². The lowest BCUT2D eigenvalue weighted by Gasteiger charge is -2.37. The molecule has 0 aromatic heterocycles. The van der Waals surface area contributed by atoms with Gasteiger partial charge in [0.05, 0.1) is 5.75 Å². The molecule has 0 aliphatic carbocycles. The average Bonchev–Trinajstić information content (AvgIpc) is 2.69. The molecule has 4 nitrogen and oxygen atoms in total. The minimum Gasteiger partial charge on any atom is -0.311 e. The van der Waals surface area contributed by atoms with Crippen molar-refractivity contribution in [2.24, 2.45) is 0 Å². The number of nitrogens with zero attached hydrogens (tertiary/aromatic N) is 1. The molecule has 2 bridgehead atoms. The van der Waals surface area contributed by atoms with Crippen LogP contribution in [-0.4, -0.2) is 56.0 Å². The maximum Gasteiger partial charge on any atom is 0.151 e. The number of nitrogens with one attached hydrogen (secondary N) is 1. The first-order valence-electron chi connectivity index (χ1n) is 7.74. The van der Waals surface area contributed by atoms with E-state index in [1.54, 1.807) is 0 Å². The summed E-state index contributed by atoms with van der Waals surface area (Å²) in [5.41, 5.74) is 0. The second-order valence-electron chi connectivity index (χ2n) is 6.04. The zero-order valence-corrected chi connectivity index (χ0v) is 13.1. The molecule has 0 spiro atoms. The summed E-state index contributed by atoms with van der Waals surface area (Å²) in [5, 5.41) is 3.65. The summed E-state index contributed by atoms with van der Waals surface area (Å²) >= 11 is 0. The van der Waals surface area contributed by atoms with Crippen molar-refractivity contribution in [3.05, 3.63) is 0 Å². The third-order valence-electron chi connectivity index (χ3n) is 4.58. The Morgan fingerprint density at radius 1 is 1.11 bits per heavy atom. The van der Waals surface area contributed by atoms with Crippen molar-refractivity contribution in [1.29, 1.82) is 0 Å². The van der Waals surface area contributed by atoms with Crippen LogP contribution in [0, 0.1) is 0 Å². The molecule has 2 unspecified atom stereocenters. The molecule has 2 heterocycles. The van der Waals surface area contributed by atoms with E-state index in [9.17, 15) is 8.42 Å². The Morgan fingerprint density at radius 3 is 2.26 bits per heavy atom. The van der Waals surface area contributed by atoms with Crippen molar-refractivity contribution in [2.45, 2.75) is 64.1 Å². The van der Waals surface area contributed by atoms with Gasteiger partial charge in [0, 0.05) is 30.4 Å². The zero-order valence-electron chi connectivity index (χ0n) is 12.3. The van der Waals surface area contributed by atoms with Crippen LogP contribution in [0.25, 0.3) is 0 Å². The van der Waals surface area contributed by atoms with E-state index in [-0.39, 0.29) is 0 Å². The molecule has 2 saturated heterocycles. The fourth-order valence-corrected chi connectivity index (χ4v) is 4.93.